The molecule has 1 aromatic rings. The first-order valence-corrected chi connectivity index (χ1v) is 7.62. The summed E-state index contributed by atoms with van der Waals surface area (Å²) in [6.45, 7) is 0.681. The molecule has 1 fully saturated rings. The van der Waals surface area contributed by atoms with Gasteiger partial charge < -0.3 is 4.74 Å². The van der Waals surface area contributed by atoms with Gasteiger partial charge in [0.1, 0.15) is 11.5 Å². The van der Waals surface area contributed by atoms with Crippen molar-refractivity contribution in [2.75, 3.05) is 6.61 Å². The lowest BCUT2D eigenvalue weighted by molar-refractivity contribution is -0.125. The van der Waals surface area contributed by atoms with E-state index in [-0.39, 0.29) is 5.92 Å². The van der Waals surface area contributed by atoms with Crippen molar-refractivity contribution >= 4 is 5.78 Å². The predicted molar refractivity (Wildman–Crippen MR) is 75.5 cm³/mol. The maximum absolute atomic E-state index is 12.8. The van der Waals surface area contributed by atoms with Crippen LogP contribution in [0.5, 0.6) is 5.75 Å². The summed E-state index contributed by atoms with van der Waals surface area (Å²) in [5.41, 5.74) is 1.11. The number of fused-ring (bicyclic) bond motifs is 1. The number of Topliss-reactive ketones (excluding diaryl/α,β-unsaturated/α-hetero) is 1. The Morgan fingerprint density at radius 3 is 2.53 bits per heavy atom. The van der Waals surface area contributed by atoms with Crippen molar-refractivity contribution in [2.45, 2.75) is 50.9 Å². The fraction of sp³-hybridized carbons (Fsp3) is 0.588. The number of ketones is 1. The normalized spacial score (nSPS) is 24.1. The highest BCUT2D eigenvalue weighted by atomic mass is 16.5. The van der Waals surface area contributed by atoms with E-state index < -0.39 is 0 Å². The number of para-hydroxylation sites is 1. The summed E-state index contributed by atoms with van der Waals surface area (Å²) in [5, 5.41) is 0. The Hall–Kier alpha value is -1.31. The average Bonchev–Trinajstić information content (AvgIpc) is 2.75. The second kappa shape index (κ2) is 5.77. The van der Waals surface area contributed by atoms with Gasteiger partial charge in [0, 0.05) is 17.4 Å². The Balaban J connectivity index is 1.80. The molecular formula is C17H22O2. The molecule has 3 rings (SSSR count). The lowest BCUT2D eigenvalue weighted by Gasteiger charge is -2.27. The molecule has 1 unspecified atom stereocenters. The molecule has 0 bridgehead atoms. The molecule has 19 heavy (non-hydrogen) atoms. The first-order valence-electron chi connectivity index (χ1n) is 7.62. The van der Waals surface area contributed by atoms with Gasteiger partial charge in [-0.2, -0.15) is 0 Å². The van der Waals surface area contributed by atoms with Crippen LogP contribution in [0.4, 0.5) is 0 Å². The lowest BCUT2D eigenvalue weighted by Crippen LogP contribution is -2.26. The monoisotopic (exact) mass is 258 g/mol. The molecule has 0 amide bonds. The minimum Gasteiger partial charge on any atom is -0.493 e. The summed E-state index contributed by atoms with van der Waals surface area (Å²) in [6.07, 6.45) is 8.09. The highest BCUT2D eigenvalue weighted by molar-refractivity contribution is 5.88. The van der Waals surface area contributed by atoms with E-state index in [1.165, 1.54) is 25.7 Å². The second-order valence-corrected chi connectivity index (χ2v) is 5.82. The maximum Gasteiger partial charge on any atom is 0.143 e. The van der Waals surface area contributed by atoms with Crippen molar-refractivity contribution in [2.24, 2.45) is 5.92 Å². The molecule has 0 aromatic heterocycles. The van der Waals surface area contributed by atoms with Gasteiger partial charge in [0.2, 0.25) is 0 Å². The topological polar surface area (TPSA) is 26.3 Å². The third-order valence-electron chi connectivity index (χ3n) is 4.56. The van der Waals surface area contributed by atoms with Crippen LogP contribution in [0.3, 0.4) is 0 Å². The van der Waals surface area contributed by atoms with E-state index in [4.69, 9.17) is 4.74 Å². The molecule has 1 heterocycles. The van der Waals surface area contributed by atoms with E-state index in [0.717, 1.165) is 30.6 Å². The van der Waals surface area contributed by atoms with Gasteiger partial charge in [0.25, 0.3) is 0 Å². The SMILES string of the molecule is O=C(C1CCCCCC1)C1CCOc2ccccc21. The number of hydrogen-bond donors (Lipinski definition) is 0. The Labute approximate surface area is 115 Å². The van der Waals surface area contributed by atoms with Gasteiger partial charge in [0.15, 0.2) is 0 Å². The number of rotatable bonds is 2. The molecule has 2 aliphatic rings. The Bertz CT molecular complexity index is 444. The summed E-state index contributed by atoms with van der Waals surface area (Å²) in [6, 6.07) is 8.05. The number of ether oxygens (including phenoxy) is 1. The van der Waals surface area contributed by atoms with Gasteiger partial charge in [0.05, 0.1) is 6.61 Å². The first kappa shape index (κ1) is 12.7. The van der Waals surface area contributed by atoms with Crippen LogP contribution in [-0.2, 0) is 4.79 Å². The molecule has 1 atom stereocenters. The van der Waals surface area contributed by atoms with E-state index in [1.807, 2.05) is 18.2 Å². The lowest BCUT2D eigenvalue weighted by atomic mass is 9.81. The third kappa shape index (κ3) is 2.68. The van der Waals surface area contributed by atoms with Gasteiger partial charge in [-0.25, -0.2) is 0 Å². The zero-order valence-corrected chi connectivity index (χ0v) is 11.4. The predicted octanol–water partition coefficient (Wildman–Crippen LogP) is 4.09. The van der Waals surface area contributed by atoms with E-state index in [2.05, 4.69) is 6.07 Å². The van der Waals surface area contributed by atoms with Crippen molar-refractivity contribution in [3.05, 3.63) is 29.8 Å². The quantitative estimate of drug-likeness (QED) is 0.747. The largest absolute Gasteiger partial charge is 0.493 e. The molecule has 0 N–H and O–H groups in total. The maximum atomic E-state index is 12.8. The van der Waals surface area contributed by atoms with Crippen LogP contribution in [0.2, 0.25) is 0 Å². The highest BCUT2D eigenvalue weighted by Crippen LogP contribution is 2.37. The Morgan fingerprint density at radius 1 is 1.00 bits per heavy atom. The number of benzene rings is 1. The first-order chi connectivity index (χ1) is 9.36. The molecule has 0 radical (unpaired) electrons. The van der Waals surface area contributed by atoms with Gasteiger partial charge in [-0.05, 0) is 25.3 Å². The Morgan fingerprint density at radius 2 is 1.74 bits per heavy atom. The molecule has 102 valence electrons. The summed E-state index contributed by atoms with van der Waals surface area (Å²) in [4.78, 5) is 12.8. The molecular weight excluding hydrogens is 236 g/mol. The standard InChI is InChI=1S/C17H22O2/c18-17(13-7-3-1-2-4-8-13)15-11-12-19-16-10-6-5-9-14(15)16/h5-6,9-10,13,15H,1-4,7-8,11-12H2. The van der Waals surface area contributed by atoms with E-state index >= 15 is 0 Å². The molecule has 1 aromatic carbocycles. The van der Waals surface area contributed by atoms with Crippen LogP contribution in [0, 0.1) is 5.92 Å². The van der Waals surface area contributed by atoms with Gasteiger partial charge in [-0.1, -0.05) is 43.9 Å². The third-order valence-corrected chi connectivity index (χ3v) is 4.56. The molecule has 1 aliphatic carbocycles. The molecule has 2 nitrogen and oxygen atoms in total. The second-order valence-electron chi connectivity index (χ2n) is 5.82. The van der Waals surface area contributed by atoms with Crippen molar-refractivity contribution in [1.29, 1.82) is 0 Å². The molecule has 1 saturated carbocycles. The smallest absolute Gasteiger partial charge is 0.143 e. The molecule has 0 spiro atoms. The van der Waals surface area contributed by atoms with Crippen LogP contribution in [0.15, 0.2) is 24.3 Å². The number of carbonyl (C=O) groups is 1. The molecule has 1 aliphatic heterocycles. The van der Waals surface area contributed by atoms with Crippen LogP contribution in [0.1, 0.15) is 56.4 Å². The van der Waals surface area contributed by atoms with Gasteiger partial charge >= 0.3 is 0 Å². The van der Waals surface area contributed by atoms with E-state index in [9.17, 15) is 4.79 Å². The number of hydrogen-bond acceptors (Lipinski definition) is 2. The summed E-state index contributed by atoms with van der Waals surface area (Å²) in [5.74, 6) is 1.75. The molecule has 0 saturated heterocycles. The van der Waals surface area contributed by atoms with Crippen LogP contribution in [0.25, 0.3) is 0 Å². The van der Waals surface area contributed by atoms with Crippen molar-refractivity contribution in [1.82, 2.24) is 0 Å². The number of carbonyl (C=O) groups excluding carboxylic acids is 1. The highest BCUT2D eigenvalue weighted by Gasteiger charge is 2.32. The van der Waals surface area contributed by atoms with Crippen molar-refractivity contribution in [3.8, 4) is 5.75 Å². The van der Waals surface area contributed by atoms with Crippen LogP contribution < -0.4 is 4.74 Å². The summed E-state index contributed by atoms with van der Waals surface area (Å²) >= 11 is 0. The van der Waals surface area contributed by atoms with Crippen LogP contribution >= 0.6 is 0 Å². The van der Waals surface area contributed by atoms with E-state index in [0.29, 0.717) is 18.3 Å². The fourth-order valence-corrected chi connectivity index (χ4v) is 3.49. The Kier molecular flexibility index (Phi) is 3.86. The summed E-state index contributed by atoms with van der Waals surface area (Å²) in [7, 11) is 0. The zero-order chi connectivity index (χ0) is 13.1. The zero-order valence-electron chi connectivity index (χ0n) is 11.4. The average molecular weight is 258 g/mol. The van der Waals surface area contributed by atoms with Crippen molar-refractivity contribution in [3.63, 3.8) is 0 Å². The fourth-order valence-electron chi connectivity index (χ4n) is 3.49. The molecule has 2 heteroatoms. The minimum atomic E-state index is 0.0769. The van der Waals surface area contributed by atoms with E-state index in [1.54, 1.807) is 0 Å². The van der Waals surface area contributed by atoms with Gasteiger partial charge in [-0.15, -0.1) is 0 Å². The summed E-state index contributed by atoms with van der Waals surface area (Å²) < 4.78 is 5.66. The van der Waals surface area contributed by atoms with Crippen molar-refractivity contribution < 1.29 is 9.53 Å². The van der Waals surface area contributed by atoms with Crippen LogP contribution in [-0.4, -0.2) is 12.4 Å². The van der Waals surface area contributed by atoms with Gasteiger partial charge in [-0.3, -0.25) is 4.79 Å². The minimum absolute atomic E-state index is 0.0769.